The number of aryl methyl sites for hydroxylation is 1. The van der Waals surface area contributed by atoms with Crippen LogP contribution in [-0.4, -0.2) is 72.5 Å². The van der Waals surface area contributed by atoms with Crippen LogP contribution in [0.25, 0.3) is 0 Å². The molecule has 2 N–H and O–H groups in total. The van der Waals surface area contributed by atoms with E-state index in [0.29, 0.717) is 74.1 Å². The zero-order valence-electron chi connectivity index (χ0n) is 25.4. The molecule has 3 aromatic carbocycles. The average Bonchev–Trinajstić information content (AvgIpc) is 3.61. The smallest absolute Gasteiger partial charge is 0.290 e. The van der Waals surface area contributed by atoms with Gasteiger partial charge in [0.15, 0.2) is 28.7 Å². The third-order valence-corrected chi connectivity index (χ3v) is 7.67. The Hall–Kier alpha value is -5.59. The highest BCUT2D eigenvalue weighted by atomic mass is 16.6. The molecule has 13 heteroatoms. The van der Waals surface area contributed by atoms with Crippen molar-refractivity contribution in [2.75, 3.05) is 33.9 Å². The van der Waals surface area contributed by atoms with Crippen molar-refractivity contribution in [3.63, 3.8) is 0 Å². The Balaban J connectivity index is 0.00000134. The molecule has 0 radical (unpaired) electrons. The van der Waals surface area contributed by atoms with Gasteiger partial charge in [-0.05, 0) is 83.1 Å². The Labute approximate surface area is 265 Å². The van der Waals surface area contributed by atoms with Crippen LogP contribution in [0.5, 0.6) is 28.7 Å². The summed E-state index contributed by atoms with van der Waals surface area (Å²) < 4.78 is 28.6. The first kappa shape index (κ1) is 31.8. The molecule has 0 fully saturated rings. The minimum atomic E-state index is -0.502. The Morgan fingerprint density at radius 2 is 1.87 bits per heavy atom. The van der Waals surface area contributed by atoms with Gasteiger partial charge in [0.25, 0.3) is 12.4 Å². The summed E-state index contributed by atoms with van der Waals surface area (Å²) in [5, 5.41) is 17.3. The van der Waals surface area contributed by atoms with Crippen molar-refractivity contribution in [3.05, 3.63) is 88.7 Å². The van der Waals surface area contributed by atoms with E-state index in [0.717, 1.165) is 22.3 Å². The number of hydrogen-bond donors (Lipinski definition) is 2. The quantitative estimate of drug-likeness (QED) is 0.312. The van der Waals surface area contributed by atoms with Gasteiger partial charge in [-0.15, -0.1) is 0 Å². The average molecular weight is 631 g/mol. The first-order valence-corrected chi connectivity index (χ1v) is 14.7. The highest BCUT2D eigenvalue weighted by Crippen LogP contribution is 2.44. The van der Waals surface area contributed by atoms with Crippen LogP contribution in [0.15, 0.2) is 65.4 Å². The maximum atomic E-state index is 13.7. The molecule has 0 aliphatic carbocycles. The molecule has 7 rings (SSSR count). The fraction of sp³-hybridized carbons (Fsp3) is 0.303. The number of amides is 2. The zero-order valence-corrected chi connectivity index (χ0v) is 25.4. The molecule has 0 spiro atoms. The van der Waals surface area contributed by atoms with E-state index in [1.807, 2.05) is 54.6 Å². The predicted molar refractivity (Wildman–Crippen MR) is 164 cm³/mol. The number of benzene rings is 3. The second-order valence-electron chi connectivity index (χ2n) is 10.5. The molecular formula is C33H34N4O9. The lowest BCUT2D eigenvalue weighted by atomic mass is 9.87. The number of ether oxygens (including phenoxy) is 4. The number of carbonyl (C=O) groups excluding carboxylic acids is 2. The van der Waals surface area contributed by atoms with Crippen molar-refractivity contribution >= 4 is 18.3 Å². The van der Waals surface area contributed by atoms with Gasteiger partial charge >= 0.3 is 0 Å². The third kappa shape index (κ3) is 7.20. The second kappa shape index (κ2) is 14.9. The van der Waals surface area contributed by atoms with Crippen LogP contribution in [-0.2, 0) is 22.4 Å². The topological polar surface area (TPSA) is 163 Å². The van der Waals surface area contributed by atoms with Crippen molar-refractivity contribution in [1.29, 1.82) is 0 Å². The Bertz CT molecular complexity index is 1680. The summed E-state index contributed by atoms with van der Waals surface area (Å²) in [6.45, 7) is 1.02. The maximum absolute atomic E-state index is 13.7. The molecule has 0 saturated heterocycles. The van der Waals surface area contributed by atoms with Gasteiger partial charge in [-0.1, -0.05) is 23.4 Å². The molecule has 1 unspecified atom stereocenters. The number of nitrogens with zero attached hydrogens (tertiary/aromatic N) is 3. The van der Waals surface area contributed by atoms with Crippen molar-refractivity contribution in [3.8, 4) is 28.7 Å². The fourth-order valence-corrected chi connectivity index (χ4v) is 5.55. The number of methoxy groups -OCH3 is 2. The predicted octanol–water partition coefficient (Wildman–Crippen LogP) is 4.20. The molecule has 8 bridgehead atoms. The number of carboxylic acid groups (broad SMARTS) is 1. The Morgan fingerprint density at radius 1 is 1.04 bits per heavy atom. The summed E-state index contributed by atoms with van der Waals surface area (Å²) in [7, 11) is 3.17. The van der Waals surface area contributed by atoms with E-state index in [2.05, 4.69) is 15.6 Å². The molecule has 3 aliphatic rings. The summed E-state index contributed by atoms with van der Waals surface area (Å²) in [4.78, 5) is 36.3. The van der Waals surface area contributed by atoms with Crippen molar-refractivity contribution in [2.24, 2.45) is 0 Å². The molecule has 1 atom stereocenters. The van der Waals surface area contributed by atoms with Gasteiger partial charge in [-0.3, -0.25) is 14.4 Å². The lowest BCUT2D eigenvalue weighted by molar-refractivity contribution is -0.123. The van der Waals surface area contributed by atoms with Crippen LogP contribution in [0.2, 0.25) is 0 Å². The normalized spacial score (nSPS) is 16.0. The summed E-state index contributed by atoms with van der Waals surface area (Å²) >= 11 is 0. The standard InChI is InChI=1S/C32H32N4O7.CH2O2/c1-39-26-9-8-22-17-28(26)41-14-4-12-33-30(37)10-7-20-5-3-6-23(15-20)42-29-16-21-11-13-36(32(38)25-19-34-43-35-25)31(22)24(21)18-27(29)40-2;2-1-3/h3,5-6,8-9,15-19,31H,4,7,10-14H2,1-2H3,(H,33,37);1H,(H,2,3). The molecule has 46 heavy (non-hydrogen) atoms. The van der Waals surface area contributed by atoms with E-state index in [9.17, 15) is 9.59 Å². The van der Waals surface area contributed by atoms with E-state index in [1.54, 1.807) is 19.1 Å². The highest BCUT2D eigenvalue weighted by molar-refractivity contribution is 5.92. The number of rotatable bonds is 3. The second-order valence-corrected chi connectivity index (χ2v) is 10.5. The third-order valence-electron chi connectivity index (χ3n) is 7.67. The minimum Gasteiger partial charge on any atom is -0.493 e. The molecule has 13 nitrogen and oxygen atoms in total. The van der Waals surface area contributed by atoms with Crippen LogP contribution < -0.4 is 24.3 Å². The first-order chi connectivity index (χ1) is 22.4. The summed E-state index contributed by atoms with van der Waals surface area (Å²) in [6.07, 6.45) is 3.45. The SMILES string of the molecule is COc1ccc2cc1OCCCNC(=O)CCc1cccc(c1)Oc1cc3c(cc1OC)C2N(C(=O)c1cnon1)CC3.O=CO. The number of carbonyl (C=O) groups is 3. The number of nitrogens with one attached hydrogen (secondary N) is 1. The van der Waals surface area contributed by atoms with Gasteiger partial charge in [0, 0.05) is 19.5 Å². The van der Waals surface area contributed by atoms with Crippen molar-refractivity contribution in [2.45, 2.75) is 31.7 Å². The van der Waals surface area contributed by atoms with Gasteiger partial charge < -0.3 is 34.3 Å². The molecule has 4 aromatic rings. The molecule has 4 heterocycles. The lowest BCUT2D eigenvalue weighted by Crippen LogP contribution is -2.40. The number of hydrogen-bond acceptors (Lipinski definition) is 10. The lowest BCUT2D eigenvalue weighted by Gasteiger charge is -2.38. The summed E-state index contributed by atoms with van der Waals surface area (Å²) in [6, 6.07) is 16.7. The Morgan fingerprint density at radius 3 is 2.63 bits per heavy atom. The van der Waals surface area contributed by atoms with E-state index < -0.39 is 6.04 Å². The fourth-order valence-electron chi connectivity index (χ4n) is 5.55. The summed E-state index contributed by atoms with van der Waals surface area (Å²) in [5.74, 6) is 2.48. The van der Waals surface area contributed by atoms with Crippen molar-refractivity contribution in [1.82, 2.24) is 20.5 Å². The van der Waals surface area contributed by atoms with E-state index >= 15 is 0 Å². The van der Waals surface area contributed by atoms with Crippen LogP contribution in [0.3, 0.4) is 0 Å². The van der Waals surface area contributed by atoms with E-state index in [-0.39, 0.29) is 24.0 Å². The monoisotopic (exact) mass is 630 g/mol. The zero-order chi connectivity index (χ0) is 32.5. The number of aromatic nitrogens is 2. The van der Waals surface area contributed by atoms with Gasteiger partial charge in [-0.25, -0.2) is 4.63 Å². The minimum absolute atomic E-state index is 0.0285. The molecule has 3 aliphatic heterocycles. The first-order valence-electron chi connectivity index (χ1n) is 14.7. The van der Waals surface area contributed by atoms with Gasteiger partial charge in [0.05, 0.1) is 26.9 Å². The highest BCUT2D eigenvalue weighted by Gasteiger charge is 2.35. The van der Waals surface area contributed by atoms with Gasteiger partial charge in [0.2, 0.25) is 5.91 Å². The molecule has 240 valence electrons. The van der Waals surface area contributed by atoms with Gasteiger partial charge in [-0.2, -0.15) is 0 Å². The largest absolute Gasteiger partial charge is 0.493 e. The van der Waals surface area contributed by atoms with E-state index in [1.165, 1.54) is 6.20 Å². The Kier molecular flexibility index (Phi) is 10.3. The number of fused-ring (bicyclic) bond motifs is 8. The van der Waals surface area contributed by atoms with Gasteiger partial charge in [0.1, 0.15) is 11.9 Å². The maximum Gasteiger partial charge on any atom is 0.290 e. The van der Waals surface area contributed by atoms with Crippen LogP contribution >= 0.6 is 0 Å². The molecule has 1 aromatic heterocycles. The van der Waals surface area contributed by atoms with Crippen LogP contribution in [0.1, 0.15) is 51.6 Å². The molecule has 2 amide bonds. The van der Waals surface area contributed by atoms with Crippen LogP contribution in [0.4, 0.5) is 0 Å². The van der Waals surface area contributed by atoms with E-state index in [4.69, 9.17) is 33.5 Å². The van der Waals surface area contributed by atoms with Crippen LogP contribution in [0, 0.1) is 0 Å². The van der Waals surface area contributed by atoms with Crippen molar-refractivity contribution < 1.29 is 43.1 Å². The molecular weight excluding hydrogens is 596 g/mol. The molecule has 0 saturated carbocycles. The summed E-state index contributed by atoms with van der Waals surface area (Å²) in [5.41, 5.74) is 3.83.